The molecule has 0 saturated carbocycles. The Morgan fingerprint density at radius 1 is 0.889 bits per heavy atom. The largest absolute Gasteiger partial charge is 0.459 e. The van der Waals surface area contributed by atoms with Crippen LogP contribution in [0.25, 0.3) is 10.8 Å². The smallest absolute Gasteiger partial charge is 0.329 e. The summed E-state index contributed by atoms with van der Waals surface area (Å²) in [4.78, 5) is 38.5. The molecule has 3 aromatic carbocycles. The lowest BCUT2D eigenvalue weighted by molar-refractivity contribution is -0.149. The van der Waals surface area contributed by atoms with E-state index in [1.54, 1.807) is 24.3 Å². The number of hydrogen-bond acceptors (Lipinski definition) is 4. The van der Waals surface area contributed by atoms with E-state index in [2.05, 4.69) is 0 Å². The molecule has 4 rings (SSSR count). The fraction of sp³-hybridized carbons (Fsp3) is 0.136. The van der Waals surface area contributed by atoms with Crippen LogP contribution in [0.3, 0.4) is 0 Å². The monoisotopic (exact) mass is 359 g/mol. The number of ether oxygens (including phenoxy) is 1. The molecule has 3 aromatic rings. The van der Waals surface area contributed by atoms with Gasteiger partial charge in [0.15, 0.2) is 0 Å². The van der Waals surface area contributed by atoms with Crippen molar-refractivity contribution in [1.82, 2.24) is 4.90 Å². The van der Waals surface area contributed by atoms with Gasteiger partial charge in [0.1, 0.15) is 12.6 Å². The number of fused-ring (bicyclic) bond motifs is 2. The Bertz CT molecular complexity index is 1030. The summed E-state index contributed by atoms with van der Waals surface area (Å²) in [5.41, 5.74) is 1.50. The highest BCUT2D eigenvalue weighted by molar-refractivity contribution is 6.22. The van der Waals surface area contributed by atoms with Gasteiger partial charge in [-0.05, 0) is 35.4 Å². The quantitative estimate of drug-likeness (QED) is 0.528. The molecule has 0 spiro atoms. The SMILES string of the molecule is C[C@H](C(=O)OCc1cccc2ccccc12)N1C(=O)c2ccccc2C1=O. The Labute approximate surface area is 156 Å². The van der Waals surface area contributed by atoms with Crippen molar-refractivity contribution in [1.29, 1.82) is 0 Å². The van der Waals surface area contributed by atoms with Crippen LogP contribution in [-0.4, -0.2) is 28.7 Å². The summed E-state index contributed by atoms with van der Waals surface area (Å²) in [5, 5.41) is 2.06. The van der Waals surface area contributed by atoms with Gasteiger partial charge in [0.2, 0.25) is 0 Å². The fourth-order valence-corrected chi connectivity index (χ4v) is 3.35. The molecule has 0 radical (unpaired) electrons. The lowest BCUT2D eigenvalue weighted by Gasteiger charge is -2.21. The second-order valence-electron chi connectivity index (χ2n) is 6.45. The summed E-state index contributed by atoms with van der Waals surface area (Å²) in [6.07, 6.45) is 0. The first-order valence-corrected chi connectivity index (χ1v) is 8.68. The Morgan fingerprint density at radius 2 is 1.48 bits per heavy atom. The van der Waals surface area contributed by atoms with Crippen molar-refractivity contribution < 1.29 is 19.1 Å². The van der Waals surface area contributed by atoms with Crippen molar-refractivity contribution in [3.63, 3.8) is 0 Å². The van der Waals surface area contributed by atoms with Gasteiger partial charge in [-0.1, -0.05) is 54.6 Å². The molecular weight excluding hydrogens is 342 g/mol. The lowest BCUT2D eigenvalue weighted by Crippen LogP contribution is -2.43. The van der Waals surface area contributed by atoms with E-state index >= 15 is 0 Å². The molecule has 0 aliphatic carbocycles. The molecule has 0 N–H and O–H groups in total. The molecule has 1 heterocycles. The highest BCUT2D eigenvalue weighted by atomic mass is 16.5. The van der Waals surface area contributed by atoms with Gasteiger partial charge in [-0.3, -0.25) is 14.5 Å². The van der Waals surface area contributed by atoms with E-state index in [4.69, 9.17) is 4.74 Å². The van der Waals surface area contributed by atoms with Gasteiger partial charge in [0, 0.05) is 0 Å². The highest BCUT2D eigenvalue weighted by Gasteiger charge is 2.41. The minimum Gasteiger partial charge on any atom is -0.459 e. The summed E-state index contributed by atoms with van der Waals surface area (Å²) in [6, 6.07) is 19.2. The van der Waals surface area contributed by atoms with E-state index in [1.807, 2.05) is 42.5 Å². The van der Waals surface area contributed by atoms with Crippen LogP contribution in [0.2, 0.25) is 0 Å². The van der Waals surface area contributed by atoms with Crippen LogP contribution in [0.15, 0.2) is 66.7 Å². The van der Waals surface area contributed by atoms with Crippen molar-refractivity contribution in [2.24, 2.45) is 0 Å². The van der Waals surface area contributed by atoms with Crippen LogP contribution >= 0.6 is 0 Å². The van der Waals surface area contributed by atoms with Crippen molar-refractivity contribution in [3.05, 3.63) is 83.4 Å². The first kappa shape index (κ1) is 17.0. The Kier molecular flexibility index (Phi) is 4.20. The van der Waals surface area contributed by atoms with Crippen LogP contribution in [0.4, 0.5) is 0 Å². The number of rotatable bonds is 4. The first-order chi connectivity index (χ1) is 13.1. The van der Waals surface area contributed by atoms with Crippen molar-refractivity contribution in [2.45, 2.75) is 19.6 Å². The van der Waals surface area contributed by atoms with Gasteiger partial charge in [0.05, 0.1) is 11.1 Å². The Morgan fingerprint density at radius 3 is 2.19 bits per heavy atom. The maximum absolute atomic E-state index is 12.5. The predicted molar refractivity (Wildman–Crippen MR) is 100 cm³/mol. The van der Waals surface area contributed by atoms with E-state index in [0.717, 1.165) is 21.2 Å². The maximum atomic E-state index is 12.5. The average molecular weight is 359 g/mol. The van der Waals surface area contributed by atoms with Gasteiger partial charge in [0.25, 0.3) is 11.8 Å². The molecule has 0 aromatic heterocycles. The van der Waals surface area contributed by atoms with E-state index in [0.29, 0.717) is 11.1 Å². The highest BCUT2D eigenvalue weighted by Crippen LogP contribution is 2.25. The van der Waals surface area contributed by atoms with Crippen LogP contribution < -0.4 is 0 Å². The molecule has 134 valence electrons. The third-order valence-corrected chi connectivity index (χ3v) is 4.80. The number of amides is 2. The summed E-state index contributed by atoms with van der Waals surface area (Å²) in [6.45, 7) is 1.58. The number of carbonyl (C=O) groups excluding carboxylic acids is 3. The number of esters is 1. The zero-order valence-corrected chi connectivity index (χ0v) is 14.7. The summed E-state index contributed by atoms with van der Waals surface area (Å²) >= 11 is 0. The molecule has 0 unspecified atom stereocenters. The summed E-state index contributed by atoms with van der Waals surface area (Å²) < 4.78 is 5.42. The number of benzene rings is 3. The summed E-state index contributed by atoms with van der Waals surface area (Å²) in [5.74, 6) is -1.55. The molecular formula is C22H17NO4. The number of hydrogen-bond donors (Lipinski definition) is 0. The Balaban J connectivity index is 1.51. The van der Waals surface area contributed by atoms with Gasteiger partial charge >= 0.3 is 5.97 Å². The third kappa shape index (κ3) is 2.87. The Hall–Kier alpha value is -3.47. The standard InChI is InChI=1S/C22H17NO4/c1-14(23-20(24)18-11-4-5-12-19(18)21(23)25)22(26)27-13-16-9-6-8-15-7-2-3-10-17(15)16/h2-12,14H,13H2,1H3/t14-/m1/s1. The maximum Gasteiger partial charge on any atom is 0.329 e. The van der Waals surface area contributed by atoms with Crippen LogP contribution in [0, 0.1) is 0 Å². The molecule has 5 heteroatoms. The van der Waals surface area contributed by atoms with Crippen molar-refractivity contribution >= 4 is 28.6 Å². The molecule has 27 heavy (non-hydrogen) atoms. The van der Waals surface area contributed by atoms with Gasteiger partial charge in [-0.2, -0.15) is 0 Å². The molecule has 0 fully saturated rings. The van der Waals surface area contributed by atoms with E-state index in [1.165, 1.54) is 6.92 Å². The first-order valence-electron chi connectivity index (χ1n) is 8.68. The van der Waals surface area contributed by atoms with E-state index in [-0.39, 0.29) is 6.61 Å². The number of carbonyl (C=O) groups is 3. The second kappa shape index (κ2) is 6.68. The molecule has 5 nitrogen and oxygen atoms in total. The van der Waals surface area contributed by atoms with Crippen molar-refractivity contribution in [3.8, 4) is 0 Å². The third-order valence-electron chi connectivity index (χ3n) is 4.80. The van der Waals surface area contributed by atoms with Crippen LogP contribution in [0.5, 0.6) is 0 Å². The summed E-state index contributed by atoms with van der Waals surface area (Å²) in [7, 11) is 0. The number of nitrogens with zero attached hydrogens (tertiary/aromatic N) is 1. The molecule has 1 aliphatic heterocycles. The minimum absolute atomic E-state index is 0.0771. The molecule has 1 atom stereocenters. The van der Waals surface area contributed by atoms with Gasteiger partial charge in [-0.25, -0.2) is 4.79 Å². The number of imide groups is 1. The fourth-order valence-electron chi connectivity index (χ4n) is 3.35. The molecule has 2 amide bonds. The average Bonchev–Trinajstić information content (AvgIpc) is 2.96. The lowest BCUT2D eigenvalue weighted by atomic mass is 10.1. The van der Waals surface area contributed by atoms with Gasteiger partial charge in [-0.15, -0.1) is 0 Å². The predicted octanol–water partition coefficient (Wildman–Crippen LogP) is 3.57. The zero-order chi connectivity index (χ0) is 19.0. The molecule has 0 bridgehead atoms. The molecule has 1 aliphatic rings. The molecule has 0 saturated heterocycles. The van der Waals surface area contributed by atoms with E-state index in [9.17, 15) is 14.4 Å². The van der Waals surface area contributed by atoms with Gasteiger partial charge < -0.3 is 4.74 Å². The van der Waals surface area contributed by atoms with E-state index < -0.39 is 23.8 Å². The second-order valence-corrected chi connectivity index (χ2v) is 6.45. The zero-order valence-electron chi connectivity index (χ0n) is 14.7. The topological polar surface area (TPSA) is 63.7 Å². The van der Waals surface area contributed by atoms with Crippen LogP contribution in [0.1, 0.15) is 33.2 Å². The normalized spacial score (nSPS) is 14.3. The van der Waals surface area contributed by atoms with Crippen LogP contribution in [-0.2, 0) is 16.1 Å². The van der Waals surface area contributed by atoms with Crippen molar-refractivity contribution in [2.75, 3.05) is 0 Å². The minimum atomic E-state index is -0.993.